The van der Waals surface area contributed by atoms with Crippen LogP contribution in [0.1, 0.15) is 5.56 Å². The van der Waals surface area contributed by atoms with E-state index in [1.54, 1.807) is 18.2 Å². The van der Waals surface area contributed by atoms with E-state index in [4.69, 9.17) is 23.2 Å². The third kappa shape index (κ3) is 2.71. The summed E-state index contributed by atoms with van der Waals surface area (Å²) in [5.41, 5.74) is 3.06. The highest BCUT2D eigenvalue weighted by atomic mass is 35.5. The van der Waals surface area contributed by atoms with E-state index in [0.717, 1.165) is 27.1 Å². The Labute approximate surface area is 164 Å². The number of halogens is 2. The summed E-state index contributed by atoms with van der Waals surface area (Å²) in [4.78, 5) is 27.9. The number of hydrogen-bond donors (Lipinski definition) is 1. The van der Waals surface area contributed by atoms with Gasteiger partial charge in [-0.2, -0.15) is 0 Å². The SMILES string of the molecule is Cc1c(-c2ccccc2Cl)n(-c2ccc(Cl)cc2)c2c(=O)n(C)c(=O)[nH]c12. The molecule has 2 aromatic carbocycles. The number of hydrogen-bond acceptors (Lipinski definition) is 2. The largest absolute Gasteiger partial charge is 0.328 e. The number of aromatic amines is 1. The van der Waals surface area contributed by atoms with Crippen LogP contribution in [0, 0.1) is 6.92 Å². The molecule has 0 unspecified atom stereocenters. The highest BCUT2D eigenvalue weighted by Gasteiger charge is 2.22. The smallest absolute Gasteiger partial charge is 0.305 e. The zero-order valence-electron chi connectivity index (χ0n) is 14.6. The molecule has 27 heavy (non-hydrogen) atoms. The van der Waals surface area contributed by atoms with Gasteiger partial charge in [0.25, 0.3) is 5.56 Å². The number of H-pyrrole nitrogens is 1. The van der Waals surface area contributed by atoms with Crippen molar-refractivity contribution < 1.29 is 0 Å². The average molecular weight is 400 g/mol. The molecule has 4 aromatic rings. The molecule has 0 aliphatic heterocycles. The Morgan fingerprint density at radius 1 is 0.963 bits per heavy atom. The van der Waals surface area contributed by atoms with E-state index >= 15 is 0 Å². The van der Waals surface area contributed by atoms with Crippen LogP contribution < -0.4 is 11.2 Å². The minimum Gasteiger partial charge on any atom is -0.305 e. The summed E-state index contributed by atoms with van der Waals surface area (Å²) in [6, 6.07) is 14.6. The maximum atomic E-state index is 13.0. The van der Waals surface area contributed by atoms with E-state index in [9.17, 15) is 9.59 Å². The molecule has 0 radical (unpaired) electrons. The van der Waals surface area contributed by atoms with Crippen LogP contribution in [0.5, 0.6) is 0 Å². The van der Waals surface area contributed by atoms with Crippen molar-refractivity contribution in [1.29, 1.82) is 0 Å². The number of nitrogens with zero attached hydrogens (tertiary/aromatic N) is 2. The Morgan fingerprint density at radius 2 is 1.63 bits per heavy atom. The van der Waals surface area contributed by atoms with Crippen LogP contribution in [0.15, 0.2) is 58.1 Å². The topological polar surface area (TPSA) is 59.8 Å². The summed E-state index contributed by atoms with van der Waals surface area (Å²) in [7, 11) is 1.45. The van der Waals surface area contributed by atoms with Crippen molar-refractivity contribution in [3.05, 3.63) is 85.0 Å². The number of benzene rings is 2. The molecule has 0 bridgehead atoms. The van der Waals surface area contributed by atoms with Gasteiger partial charge in [0, 0.05) is 28.3 Å². The second-order valence-corrected chi connectivity index (χ2v) is 7.13. The highest BCUT2D eigenvalue weighted by molar-refractivity contribution is 6.33. The number of fused-ring (bicyclic) bond motifs is 1. The molecule has 0 spiro atoms. The molecule has 0 aliphatic rings. The highest BCUT2D eigenvalue weighted by Crippen LogP contribution is 2.37. The van der Waals surface area contributed by atoms with Gasteiger partial charge in [0.2, 0.25) is 0 Å². The zero-order chi connectivity index (χ0) is 19.3. The molecule has 0 atom stereocenters. The summed E-state index contributed by atoms with van der Waals surface area (Å²) in [5, 5.41) is 1.14. The molecule has 0 saturated heterocycles. The van der Waals surface area contributed by atoms with Crippen LogP contribution in [0.2, 0.25) is 10.0 Å². The average Bonchev–Trinajstić information content (AvgIpc) is 2.93. The molecule has 4 rings (SSSR count). The maximum absolute atomic E-state index is 13.0. The molecule has 2 heterocycles. The summed E-state index contributed by atoms with van der Waals surface area (Å²) in [6.45, 7) is 1.86. The Morgan fingerprint density at radius 3 is 2.30 bits per heavy atom. The van der Waals surface area contributed by atoms with Crippen molar-refractivity contribution in [2.24, 2.45) is 7.05 Å². The molecule has 0 saturated carbocycles. The quantitative estimate of drug-likeness (QED) is 0.546. The fourth-order valence-corrected chi connectivity index (χ4v) is 3.66. The number of rotatable bonds is 2. The predicted molar refractivity (Wildman–Crippen MR) is 109 cm³/mol. The first kappa shape index (κ1) is 17.6. The van der Waals surface area contributed by atoms with Crippen LogP contribution in [-0.2, 0) is 7.05 Å². The summed E-state index contributed by atoms with van der Waals surface area (Å²) >= 11 is 12.5. The predicted octanol–water partition coefficient (Wildman–Crippen LogP) is 4.30. The first-order chi connectivity index (χ1) is 12.9. The van der Waals surface area contributed by atoms with E-state index in [1.165, 1.54) is 7.05 Å². The van der Waals surface area contributed by atoms with Crippen LogP contribution in [0.3, 0.4) is 0 Å². The Kier molecular flexibility index (Phi) is 4.21. The van der Waals surface area contributed by atoms with E-state index in [1.807, 2.05) is 41.8 Å². The Hall–Kier alpha value is -2.76. The number of nitrogens with one attached hydrogen (secondary N) is 1. The second kappa shape index (κ2) is 6.44. The molecular weight excluding hydrogens is 385 g/mol. The van der Waals surface area contributed by atoms with Gasteiger partial charge >= 0.3 is 5.69 Å². The molecule has 1 N–H and O–H groups in total. The Bertz CT molecular complexity index is 1300. The van der Waals surface area contributed by atoms with Gasteiger partial charge in [-0.05, 0) is 42.8 Å². The van der Waals surface area contributed by atoms with Crippen LogP contribution in [0.25, 0.3) is 28.0 Å². The molecule has 5 nitrogen and oxygen atoms in total. The van der Waals surface area contributed by atoms with E-state index < -0.39 is 5.69 Å². The molecule has 0 aliphatic carbocycles. The van der Waals surface area contributed by atoms with E-state index in [-0.39, 0.29) is 5.56 Å². The van der Waals surface area contributed by atoms with E-state index in [2.05, 4.69) is 4.98 Å². The first-order valence-electron chi connectivity index (χ1n) is 8.25. The van der Waals surface area contributed by atoms with E-state index in [0.29, 0.717) is 21.1 Å². The van der Waals surface area contributed by atoms with Gasteiger partial charge in [0.05, 0.1) is 11.2 Å². The lowest BCUT2D eigenvalue weighted by Crippen LogP contribution is -2.33. The van der Waals surface area contributed by atoms with Crippen LogP contribution in [0.4, 0.5) is 0 Å². The fraction of sp³-hybridized carbons (Fsp3) is 0.100. The van der Waals surface area contributed by atoms with Crippen molar-refractivity contribution in [3.8, 4) is 16.9 Å². The number of aromatic nitrogens is 3. The monoisotopic (exact) mass is 399 g/mol. The maximum Gasteiger partial charge on any atom is 0.328 e. The van der Waals surface area contributed by atoms with Gasteiger partial charge in [0.15, 0.2) is 0 Å². The first-order valence-corrected chi connectivity index (χ1v) is 9.01. The second-order valence-electron chi connectivity index (χ2n) is 6.28. The standard InChI is InChI=1S/C20H15Cl2N3O2/c1-11-16-18(19(26)24(2)20(27)23-16)25(13-9-7-12(21)8-10-13)17(11)14-5-3-4-6-15(14)22/h3-10H,1-2H3,(H,23,27). The van der Waals surface area contributed by atoms with Crippen LogP contribution in [-0.4, -0.2) is 14.1 Å². The summed E-state index contributed by atoms with van der Waals surface area (Å²) < 4.78 is 2.88. The molecule has 0 amide bonds. The molecule has 0 fully saturated rings. The zero-order valence-corrected chi connectivity index (χ0v) is 16.1. The third-order valence-electron chi connectivity index (χ3n) is 4.67. The molecular formula is C20H15Cl2N3O2. The lowest BCUT2D eigenvalue weighted by atomic mass is 10.1. The van der Waals surface area contributed by atoms with Gasteiger partial charge in [-0.1, -0.05) is 41.4 Å². The summed E-state index contributed by atoms with van der Waals surface area (Å²) in [5.74, 6) is 0. The number of aryl methyl sites for hydroxylation is 1. The van der Waals surface area contributed by atoms with Crippen LogP contribution >= 0.6 is 23.2 Å². The van der Waals surface area contributed by atoms with Gasteiger partial charge in [-0.25, -0.2) is 4.79 Å². The van der Waals surface area contributed by atoms with Gasteiger partial charge < -0.3 is 9.55 Å². The fourth-order valence-electron chi connectivity index (χ4n) is 3.31. The van der Waals surface area contributed by atoms with Crippen molar-refractivity contribution in [3.63, 3.8) is 0 Å². The van der Waals surface area contributed by atoms with Gasteiger partial charge in [0.1, 0.15) is 5.52 Å². The van der Waals surface area contributed by atoms with Gasteiger partial charge in [-0.3, -0.25) is 9.36 Å². The molecule has 7 heteroatoms. The lowest BCUT2D eigenvalue weighted by molar-refractivity contribution is 0.788. The minimum atomic E-state index is -0.463. The third-order valence-corrected chi connectivity index (χ3v) is 5.25. The van der Waals surface area contributed by atoms with Gasteiger partial charge in [-0.15, -0.1) is 0 Å². The summed E-state index contributed by atoms with van der Waals surface area (Å²) in [6.07, 6.45) is 0. The Balaban J connectivity index is 2.25. The van der Waals surface area contributed by atoms with Crippen molar-refractivity contribution >= 4 is 34.2 Å². The lowest BCUT2D eigenvalue weighted by Gasteiger charge is -2.13. The van der Waals surface area contributed by atoms with Crippen molar-refractivity contribution in [2.45, 2.75) is 6.92 Å². The van der Waals surface area contributed by atoms with Crippen molar-refractivity contribution in [1.82, 2.24) is 14.1 Å². The molecule has 2 aromatic heterocycles. The normalized spacial score (nSPS) is 11.3. The molecule has 136 valence electrons. The minimum absolute atomic E-state index is 0.381. The van der Waals surface area contributed by atoms with Crippen molar-refractivity contribution in [2.75, 3.05) is 0 Å².